The van der Waals surface area contributed by atoms with Crippen LogP contribution in [0.15, 0.2) is 89.3 Å². The van der Waals surface area contributed by atoms with Crippen LogP contribution in [0.25, 0.3) is 0 Å². The minimum atomic E-state index is -0.770. The van der Waals surface area contributed by atoms with Crippen molar-refractivity contribution in [3.63, 3.8) is 0 Å². The molecule has 0 unspecified atom stereocenters. The van der Waals surface area contributed by atoms with Gasteiger partial charge in [-0.3, -0.25) is 4.79 Å². The van der Waals surface area contributed by atoms with Gasteiger partial charge in [-0.1, -0.05) is 30.3 Å². The molecule has 0 bridgehead atoms. The molecule has 200 valence electrons. The van der Waals surface area contributed by atoms with Crippen molar-refractivity contribution < 1.29 is 33.7 Å². The third-order valence-electron chi connectivity index (χ3n) is 7.14. The number of rotatable bonds is 6. The zero-order chi connectivity index (χ0) is 27.7. The lowest BCUT2D eigenvalue weighted by Crippen LogP contribution is -2.36. The highest BCUT2D eigenvalue weighted by Gasteiger charge is 2.42. The highest BCUT2D eigenvalue weighted by molar-refractivity contribution is 6.04. The van der Waals surface area contributed by atoms with Gasteiger partial charge in [-0.25, -0.2) is 9.18 Å². The van der Waals surface area contributed by atoms with Crippen molar-refractivity contribution in [3.05, 3.63) is 112 Å². The quantitative estimate of drug-likeness (QED) is 0.370. The summed E-state index contributed by atoms with van der Waals surface area (Å²) in [5.74, 6) is -1.92. The first-order valence-electron chi connectivity index (χ1n) is 12.6. The smallest absolute Gasteiger partial charge is 0.337 e. The monoisotopic (exact) mass is 529 g/mol. The number of hydrogen-bond acceptors (Lipinski definition) is 7. The van der Waals surface area contributed by atoms with Crippen LogP contribution in [0.5, 0.6) is 17.2 Å². The Morgan fingerprint density at radius 3 is 2.56 bits per heavy atom. The van der Waals surface area contributed by atoms with E-state index in [2.05, 4.69) is 5.32 Å². The Labute approximate surface area is 225 Å². The summed E-state index contributed by atoms with van der Waals surface area (Å²) in [6.07, 6.45) is 0.749. The van der Waals surface area contributed by atoms with Crippen LogP contribution in [0.3, 0.4) is 0 Å². The maximum absolute atomic E-state index is 13.8. The first kappa shape index (κ1) is 26.0. The van der Waals surface area contributed by atoms with E-state index in [1.165, 1.54) is 24.3 Å². The van der Waals surface area contributed by atoms with Crippen LogP contribution in [-0.4, -0.2) is 29.1 Å². The fourth-order valence-corrected chi connectivity index (χ4v) is 5.51. The van der Waals surface area contributed by atoms with E-state index >= 15 is 0 Å². The van der Waals surface area contributed by atoms with Crippen molar-refractivity contribution in [2.24, 2.45) is 0 Å². The van der Waals surface area contributed by atoms with Crippen LogP contribution in [0.4, 0.5) is 4.39 Å². The Kier molecular flexibility index (Phi) is 7.11. The molecule has 1 aliphatic carbocycles. The predicted molar refractivity (Wildman–Crippen MR) is 142 cm³/mol. The number of halogens is 1. The maximum atomic E-state index is 13.8. The SMILES string of the molecule is COc1ccccc1[C@H]1CC(=O)C2=C(C1)NC(C)=C(C(=O)OCc1cc(O)cc(F)c1)[C@H]2c1cccc(O)c1. The van der Waals surface area contributed by atoms with E-state index in [4.69, 9.17) is 9.47 Å². The van der Waals surface area contributed by atoms with Crippen molar-refractivity contribution in [2.75, 3.05) is 7.11 Å². The molecule has 0 fully saturated rings. The van der Waals surface area contributed by atoms with Gasteiger partial charge in [-0.05, 0) is 60.4 Å². The molecule has 3 aromatic carbocycles. The first-order chi connectivity index (χ1) is 18.7. The van der Waals surface area contributed by atoms with Gasteiger partial charge in [0, 0.05) is 41.3 Å². The number of Topliss-reactive ketones (excluding diaryl/α,β-unsaturated/α-hetero) is 1. The van der Waals surface area contributed by atoms with Gasteiger partial charge >= 0.3 is 5.97 Å². The molecule has 0 saturated carbocycles. The van der Waals surface area contributed by atoms with E-state index in [9.17, 15) is 24.2 Å². The summed E-state index contributed by atoms with van der Waals surface area (Å²) < 4.78 is 24.8. The number of methoxy groups -OCH3 is 1. The Morgan fingerprint density at radius 1 is 1.03 bits per heavy atom. The van der Waals surface area contributed by atoms with Crippen molar-refractivity contribution in [1.82, 2.24) is 5.32 Å². The molecular formula is C31H28FNO6. The number of ether oxygens (including phenoxy) is 2. The molecule has 39 heavy (non-hydrogen) atoms. The summed E-state index contributed by atoms with van der Waals surface area (Å²) in [7, 11) is 1.60. The fourth-order valence-electron chi connectivity index (χ4n) is 5.51. The summed E-state index contributed by atoms with van der Waals surface area (Å²) in [6.45, 7) is 1.46. The number of hydrogen-bond donors (Lipinski definition) is 3. The van der Waals surface area contributed by atoms with Gasteiger partial charge in [0.2, 0.25) is 0 Å². The minimum Gasteiger partial charge on any atom is -0.508 e. The van der Waals surface area contributed by atoms with Crippen LogP contribution in [0.1, 0.15) is 48.3 Å². The molecule has 0 aromatic heterocycles. The number of nitrogens with one attached hydrogen (secondary N) is 1. The average Bonchev–Trinajstić information content (AvgIpc) is 2.90. The number of carbonyl (C=O) groups is 2. The Balaban J connectivity index is 1.51. The van der Waals surface area contributed by atoms with Gasteiger partial charge in [0.15, 0.2) is 5.78 Å². The van der Waals surface area contributed by atoms with Gasteiger partial charge < -0.3 is 25.0 Å². The normalized spacial score (nSPS) is 18.9. The Morgan fingerprint density at radius 2 is 1.82 bits per heavy atom. The zero-order valence-corrected chi connectivity index (χ0v) is 21.5. The molecule has 5 rings (SSSR count). The molecule has 1 heterocycles. The van der Waals surface area contributed by atoms with E-state index in [1.807, 2.05) is 24.3 Å². The lowest BCUT2D eigenvalue weighted by molar-refractivity contribution is -0.140. The maximum Gasteiger partial charge on any atom is 0.337 e. The molecule has 0 radical (unpaired) electrons. The standard InChI is InChI=1S/C31H28FNO6/c1-17-28(31(37)39-16-18-10-21(32)15-23(35)11-18)29(19-6-5-7-22(34)12-19)30-25(33-17)13-20(14-26(30)36)24-8-3-4-9-27(24)38-2/h3-12,15,20,29,33-35H,13-14,16H2,1-2H3/t20-,29-/m1/s1. The minimum absolute atomic E-state index is 0.00365. The zero-order valence-electron chi connectivity index (χ0n) is 21.5. The molecule has 8 heteroatoms. The van der Waals surface area contributed by atoms with Crippen LogP contribution < -0.4 is 10.1 Å². The number of phenols is 2. The van der Waals surface area contributed by atoms with Crippen molar-refractivity contribution >= 4 is 11.8 Å². The topological polar surface area (TPSA) is 105 Å². The number of dihydropyridines is 1. The van der Waals surface area contributed by atoms with Crippen molar-refractivity contribution in [1.29, 1.82) is 0 Å². The van der Waals surface area contributed by atoms with E-state index < -0.39 is 17.7 Å². The number of ketones is 1. The predicted octanol–water partition coefficient (Wildman–Crippen LogP) is 5.35. The lowest BCUT2D eigenvalue weighted by atomic mass is 9.71. The Hall–Kier alpha value is -4.59. The third kappa shape index (κ3) is 5.23. The van der Waals surface area contributed by atoms with Crippen molar-refractivity contribution in [2.45, 2.75) is 38.2 Å². The molecule has 7 nitrogen and oxygen atoms in total. The number of allylic oxidation sites excluding steroid dienone is 3. The first-order valence-corrected chi connectivity index (χ1v) is 12.6. The molecular weight excluding hydrogens is 501 g/mol. The molecule has 0 amide bonds. The second-order valence-corrected chi connectivity index (χ2v) is 9.75. The molecule has 2 aliphatic rings. The van der Waals surface area contributed by atoms with Gasteiger partial charge in [0.1, 0.15) is 29.7 Å². The van der Waals surface area contributed by atoms with Gasteiger partial charge in [-0.15, -0.1) is 0 Å². The summed E-state index contributed by atoms with van der Waals surface area (Å²) in [4.78, 5) is 27.2. The lowest BCUT2D eigenvalue weighted by Gasteiger charge is -2.37. The van der Waals surface area contributed by atoms with Gasteiger partial charge in [0.25, 0.3) is 0 Å². The average molecular weight is 530 g/mol. The highest BCUT2D eigenvalue weighted by Crippen LogP contribution is 2.47. The molecule has 3 N–H and O–H groups in total. The fraction of sp³-hybridized carbons (Fsp3) is 0.226. The number of para-hydroxylation sites is 1. The summed E-state index contributed by atoms with van der Waals surface area (Å²) in [5.41, 5.74) is 3.69. The molecule has 3 aromatic rings. The van der Waals surface area contributed by atoms with E-state index in [1.54, 1.807) is 26.2 Å². The summed E-state index contributed by atoms with van der Waals surface area (Å²) in [5, 5.41) is 23.2. The molecule has 1 aliphatic heterocycles. The van der Waals surface area contributed by atoms with Gasteiger partial charge in [-0.2, -0.15) is 0 Å². The van der Waals surface area contributed by atoms with Crippen LogP contribution >= 0.6 is 0 Å². The number of benzene rings is 3. The summed E-state index contributed by atoms with van der Waals surface area (Å²) in [6, 6.07) is 17.5. The largest absolute Gasteiger partial charge is 0.508 e. The number of carbonyl (C=O) groups excluding carboxylic acids is 2. The van der Waals surface area contributed by atoms with E-state index in [-0.39, 0.29) is 47.4 Å². The molecule has 0 saturated heterocycles. The summed E-state index contributed by atoms with van der Waals surface area (Å²) >= 11 is 0. The number of esters is 1. The second-order valence-electron chi connectivity index (χ2n) is 9.75. The van der Waals surface area contributed by atoms with E-state index in [0.29, 0.717) is 34.7 Å². The van der Waals surface area contributed by atoms with E-state index in [0.717, 1.165) is 11.6 Å². The number of phenolic OH excluding ortho intramolecular Hbond substituents is 2. The highest BCUT2D eigenvalue weighted by atomic mass is 19.1. The van der Waals surface area contributed by atoms with Crippen LogP contribution in [0.2, 0.25) is 0 Å². The number of aromatic hydroxyl groups is 2. The molecule has 2 atom stereocenters. The van der Waals surface area contributed by atoms with Gasteiger partial charge in [0.05, 0.1) is 12.7 Å². The van der Waals surface area contributed by atoms with Crippen LogP contribution in [-0.2, 0) is 20.9 Å². The van der Waals surface area contributed by atoms with Crippen LogP contribution in [0, 0.1) is 5.82 Å². The van der Waals surface area contributed by atoms with Crippen molar-refractivity contribution in [3.8, 4) is 17.2 Å². The second kappa shape index (κ2) is 10.6. The molecule has 0 spiro atoms. The third-order valence-corrected chi connectivity index (χ3v) is 7.14. The Bertz CT molecular complexity index is 1500.